The Labute approximate surface area is 184 Å². The van der Waals surface area contributed by atoms with Gasteiger partial charge in [0.25, 0.3) is 5.91 Å². The van der Waals surface area contributed by atoms with E-state index in [1.807, 2.05) is 32.0 Å². The fraction of sp³-hybridized carbons (Fsp3) is 0.435. The highest BCUT2D eigenvalue weighted by Crippen LogP contribution is 2.28. The average Bonchev–Trinajstić information content (AvgIpc) is 2.74. The molecule has 0 aliphatic carbocycles. The van der Waals surface area contributed by atoms with Gasteiger partial charge in [-0.05, 0) is 54.7 Å². The second-order valence-corrected chi connectivity index (χ2v) is 9.96. The van der Waals surface area contributed by atoms with Gasteiger partial charge in [0.1, 0.15) is 5.75 Å². The van der Waals surface area contributed by atoms with Gasteiger partial charge in [0.2, 0.25) is 10.0 Å². The van der Waals surface area contributed by atoms with Gasteiger partial charge in [-0.3, -0.25) is 4.79 Å². The Hall–Kier alpha value is -2.42. The molecule has 1 fully saturated rings. The summed E-state index contributed by atoms with van der Waals surface area (Å²) in [6.45, 7) is 9.17. The fourth-order valence-corrected chi connectivity index (χ4v) is 4.84. The van der Waals surface area contributed by atoms with Crippen LogP contribution < -0.4 is 10.1 Å². The number of aryl methyl sites for hydroxylation is 2. The molecule has 7 nitrogen and oxygen atoms in total. The monoisotopic (exact) mass is 446 g/mol. The van der Waals surface area contributed by atoms with E-state index < -0.39 is 10.0 Å². The highest BCUT2D eigenvalue weighted by molar-refractivity contribution is 7.89. The largest absolute Gasteiger partial charge is 0.483 e. The van der Waals surface area contributed by atoms with Gasteiger partial charge >= 0.3 is 0 Å². The minimum atomic E-state index is -3.64. The molecule has 0 bridgehead atoms. The number of rotatable bonds is 7. The lowest BCUT2D eigenvalue weighted by Crippen LogP contribution is -2.40. The van der Waals surface area contributed by atoms with Gasteiger partial charge in [-0.25, -0.2) is 8.42 Å². The molecular weight excluding hydrogens is 416 g/mol. The molecule has 0 saturated carbocycles. The standard InChI is InChI=1S/C23H30N2O5S/c1-16(2)20-8-5-17(3)13-22(20)30-15-23(26)24-21-14-19(7-6-18(21)4)31(27,28)25-9-11-29-12-10-25/h5-8,13-14,16H,9-12,15H2,1-4H3,(H,24,26). The van der Waals surface area contributed by atoms with Crippen molar-refractivity contribution in [3.8, 4) is 5.75 Å². The molecule has 1 aliphatic heterocycles. The maximum atomic E-state index is 12.9. The van der Waals surface area contributed by atoms with E-state index >= 15 is 0 Å². The number of nitrogens with one attached hydrogen (secondary N) is 1. The van der Waals surface area contributed by atoms with Gasteiger partial charge in [0, 0.05) is 18.8 Å². The van der Waals surface area contributed by atoms with Gasteiger partial charge in [0.05, 0.1) is 18.1 Å². The van der Waals surface area contributed by atoms with Gasteiger partial charge < -0.3 is 14.8 Å². The Bertz CT molecular complexity index is 1040. The summed E-state index contributed by atoms with van der Waals surface area (Å²) >= 11 is 0. The summed E-state index contributed by atoms with van der Waals surface area (Å²) in [5.41, 5.74) is 3.31. The third kappa shape index (κ3) is 5.64. The van der Waals surface area contributed by atoms with Crippen LogP contribution in [0.25, 0.3) is 0 Å². The molecule has 2 aromatic carbocycles. The zero-order valence-corrected chi connectivity index (χ0v) is 19.3. The summed E-state index contributed by atoms with van der Waals surface area (Å²) in [6.07, 6.45) is 0. The Morgan fingerprint density at radius 1 is 1.13 bits per heavy atom. The predicted molar refractivity (Wildman–Crippen MR) is 120 cm³/mol. The van der Waals surface area contributed by atoms with E-state index in [0.717, 1.165) is 16.7 Å². The Morgan fingerprint density at radius 3 is 2.52 bits per heavy atom. The van der Waals surface area contributed by atoms with E-state index in [2.05, 4.69) is 19.2 Å². The second kappa shape index (κ2) is 9.80. The summed E-state index contributed by atoms with van der Waals surface area (Å²) in [7, 11) is -3.64. The molecule has 0 unspecified atom stereocenters. The van der Waals surface area contributed by atoms with E-state index in [0.29, 0.717) is 37.7 Å². The molecule has 1 saturated heterocycles. The summed E-state index contributed by atoms with van der Waals surface area (Å²) < 4.78 is 38.3. The SMILES string of the molecule is Cc1ccc(C(C)C)c(OCC(=O)Nc2cc(S(=O)(=O)N3CCOCC3)ccc2C)c1. The van der Waals surface area contributed by atoms with Crippen molar-refractivity contribution in [3.05, 3.63) is 53.1 Å². The van der Waals surface area contributed by atoms with Crippen LogP contribution in [0.5, 0.6) is 5.75 Å². The molecule has 1 heterocycles. The Kier molecular flexibility index (Phi) is 7.35. The Morgan fingerprint density at radius 2 is 1.84 bits per heavy atom. The minimum absolute atomic E-state index is 0.150. The van der Waals surface area contributed by atoms with Gasteiger partial charge in [-0.15, -0.1) is 0 Å². The van der Waals surface area contributed by atoms with E-state index in [1.165, 1.54) is 10.4 Å². The van der Waals surface area contributed by atoms with Crippen molar-refractivity contribution in [2.24, 2.45) is 0 Å². The maximum Gasteiger partial charge on any atom is 0.262 e. The van der Waals surface area contributed by atoms with Crippen LogP contribution in [-0.2, 0) is 19.6 Å². The summed E-state index contributed by atoms with van der Waals surface area (Å²) in [4.78, 5) is 12.7. The number of morpholine rings is 1. The minimum Gasteiger partial charge on any atom is -0.483 e. The second-order valence-electron chi connectivity index (χ2n) is 8.03. The van der Waals surface area contributed by atoms with Crippen LogP contribution >= 0.6 is 0 Å². The molecule has 0 spiro atoms. The molecule has 31 heavy (non-hydrogen) atoms. The molecule has 168 valence electrons. The van der Waals surface area contributed by atoms with Crippen LogP contribution in [0.3, 0.4) is 0 Å². The number of amides is 1. The number of ether oxygens (including phenoxy) is 2. The van der Waals surface area contributed by atoms with Crippen LogP contribution in [0.1, 0.15) is 36.5 Å². The van der Waals surface area contributed by atoms with Crippen LogP contribution in [0.2, 0.25) is 0 Å². The topological polar surface area (TPSA) is 84.9 Å². The number of hydrogen-bond acceptors (Lipinski definition) is 5. The summed E-state index contributed by atoms with van der Waals surface area (Å²) in [5.74, 6) is 0.605. The first kappa shape index (κ1) is 23.2. The fourth-order valence-electron chi connectivity index (χ4n) is 3.41. The maximum absolute atomic E-state index is 12.9. The van der Waals surface area contributed by atoms with Crippen LogP contribution in [0.4, 0.5) is 5.69 Å². The van der Waals surface area contributed by atoms with E-state index in [1.54, 1.807) is 12.1 Å². The van der Waals surface area contributed by atoms with Crippen molar-refractivity contribution in [1.29, 1.82) is 0 Å². The summed E-state index contributed by atoms with van der Waals surface area (Å²) in [5, 5.41) is 2.79. The van der Waals surface area contributed by atoms with Crippen LogP contribution in [0.15, 0.2) is 41.3 Å². The lowest BCUT2D eigenvalue weighted by Gasteiger charge is -2.26. The van der Waals surface area contributed by atoms with Crippen molar-refractivity contribution >= 4 is 21.6 Å². The van der Waals surface area contributed by atoms with Crippen molar-refractivity contribution < 1.29 is 22.7 Å². The molecule has 1 N–H and O–H groups in total. The highest BCUT2D eigenvalue weighted by Gasteiger charge is 2.27. The average molecular weight is 447 g/mol. The van der Waals surface area contributed by atoms with Gasteiger partial charge in [-0.1, -0.05) is 32.0 Å². The quantitative estimate of drug-likeness (QED) is 0.704. The Balaban J connectivity index is 1.72. The number of benzene rings is 2. The van der Waals surface area contributed by atoms with Crippen LogP contribution in [0, 0.1) is 13.8 Å². The lowest BCUT2D eigenvalue weighted by atomic mass is 10.0. The third-order valence-electron chi connectivity index (χ3n) is 5.24. The number of nitrogens with zero attached hydrogens (tertiary/aromatic N) is 1. The van der Waals surface area contributed by atoms with E-state index in [-0.39, 0.29) is 23.3 Å². The number of carbonyl (C=O) groups excluding carboxylic acids is 1. The number of carbonyl (C=O) groups is 1. The van der Waals surface area contributed by atoms with Crippen molar-refractivity contribution in [1.82, 2.24) is 4.31 Å². The highest BCUT2D eigenvalue weighted by atomic mass is 32.2. The molecular formula is C23H30N2O5S. The van der Waals surface area contributed by atoms with Gasteiger partial charge in [-0.2, -0.15) is 4.31 Å². The first-order valence-corrected chi connectivity index (χ1v) is 11.8. The van der Waals surface area contributed by atoms with E-state index in [4.69, 9.17) is 9.47 Å². The number of hydrogen-bond donors (Lipinski definition) is 1. The lowest BCUT2D eigenvalue weighted by molar-refractivity contribution is -0.118. The van der Waals surface area contributed by atoms with Gasteiger partial charge in [0.15, 0.2) is 6.61 Å². The smallest absolute Gasteiger partial charge is 0.262 e. The van der Waals surface area contributed by atoms with Crippen LogP contribution in [-0.4, -0.2) is 51.5 Å². The predicted octanol–water partition coefficient (Wildman–Crippen LogP) is 3.47. The van der Waals surface area contributed by atoms with Crippen molar-refractivity contribution in [2.75, 3.05) is 38.2 Å². The molecule has 8 heteroatoms. The molecule has 2 aromatic rings. The zero-order chi connectivity index (χ0) is 22.6. The number of anilines is 1. The molecule has 1 aliphatic rings. The molecule has 0 aromatic heterocycles. The number of sulfonamides is 1. The first-order chi connectivity index (χ1) is 14.7. The first-order valence-electron chi connectivity index (χ1n) is 10.4. The molecule has 1 amide bonds. The third-order valence-corrected chi connectivity index (χ3v) is 7.14. The molecule has 0 radical (unpaired) electrons. The normalized spacial score (nSPS) is 15.1. The van der Waals surface area contributed by atoms with Crippen molar-refractivity contribution in [3.63, 3.8) is 0 Å². The molecule has 0 atom stereocenters. The summed E-state index contributed by atoms with van der Waals surface area (Å²) in [6, 6.07) is 10.7. The zero-order valence-electron chi connectivity index (χ0n) is 18.5. The molecule has 3 rings (SSSR count). The van der Waals surface area contributed by atoms with Crippen molar-refractivity contribution in [2.45, 2.75) is 38.5 Å². The van der Waals surface area contributed by atoms with E-state index in [9.17, 15) is 13.2 Å².